The van der Waals surface area contributed by atoms with Gasteiger partial charge in [-0.1, -0.05) is 38.0 Å². The second-order valence-corrected chi connectivity index (χ2v) is 3.85. The SMILES string of the molecule is [B]C(C)(CC)c1ccc(C(F)(F)F)cc1. The van der Waals surface area contributed by atoms with Crippen LogP contribution in [0.4, 0.5) is 13.2 Å². The number of halogens is 3. The molecule has 0 aliphatic rings. The summed E-state index contributed by atoms with van der Waals surface area (Å²) >= 11 is 0. The third kappa shape index (κ3) is 2.77. The van der Waals surface area contributed by atoms with E-state index in [0.29, 0.717) is 6.42 Å². The van der Waals surface area contributed by atoms with Crippen molar-refractivity contribution in [3.8, 4) is 0 Å². The number of benzene rings is 1. The maximum atomic E-state index is 12.3. The second kappa shape index (κ2) is 3.91. The Morgan fingerprint density at radius 2 is 1.47 bits per heavy atom. The third-order valence-electron chi connectivity index (χ3n) is 2.61. The van der Waals surface area contributed by atoms with E-state index < -0.39 is 17.1 Å². The Kier molecular flexibility index (Phi) is 3.17. The summed E-state index contributed by atoms with van der Waals surface area (Å²) in [6.45, 7) is 3.70. The molecule has 4 heteroatoms. The lowest BCUT2D eigenvalue weighted by Gasteiger charge is -2.24. The Morgan fingerprint density at radius 3 is 1.80 bits per heavy atom. The maximum absolute atomic E-state index is 12.3. The first kappa shape index (κ1) is 12.1. The van der Waals surface area contributed by atoms with Crippen LogP contribution in [0.3, 0.4) is 0 Å². The van der Waals surface area contributed by atoms with E-state index in [1.165, 1.54) is 12.1 Å². The van der Waals surface area contributed by atoms with E-state index >= 15 is 0 Å². The average Bonchev–Trinajstić information content (AvgIpc) is 2.17. The summed E-state index contributed by atoms with van der Waals surface area (Å²) in [5.41, 5.74) is 0.0798. The predicted molar refractivity (Wildman–Crippen MR) is 54.8 cm³/mol. The minimum atomic E-state index is -4.28. The molecule has 1 aromatic carbocycles. The molecular formula is C11H12BF3. The normalized spacial score (nSPS) is 16.1. The molecule has 0 N–H and O–H groups in total. The van der Waals surface area contributed by atoms with Gasteiger partial charge in [-0.25, -0.2) is 0 Å². The monoisotopic (exact) mass is 212 g/mol. The molecule has 0 heterocycles. The summed E-state index contributed by atoms with van der Waals surface area (Å²) < 4.78 is 36.8. The van der Waals surface area contributed by atoms with Gasteiger partial charge >= 0.3 is 6.18 Å². The van der Waals surface area contributed by atoms with Crippen LogP contribution in [0.1, 0.15) is 31.4 Å². The lowest BCUT2D eigenvalue weighted by molar-refractivity contribution is -0.137. The second-order valence-electron chi connectivity index (χ2n) is 3.85. The van der Waals surface area contributed by atoms with Crippen LogP contribution in [0.25, 0.3) is 0 Å². The smallest absolute Gasteiger partial charge is 0.166 e. The topological polar surface area (TPSA) is 0 Å². The molecule has 1 unspecified atom stereocenters. The molecule has 0 spiro atoms. The molecule has 1 rings (SSSR count). The van der Waals surface area contributed by atoms with Gasteiger partial charge in [-0.15, -0.1) is 0 Å². The van der Waals surface area contributed by atoms with Gasteiger partial charge < -0.3 is 0 Å². The van der Waals surface area contributed by atoms with Gasteiger partial charge in [0.1, 0.15) is 0 Å². The highest BCUT2D eigenvalue weighted by Gasteiger charge is 2.30. The zero-order chi connectivity index (χ0) is 11.7. The molecule has 80 valence electrons. The third-order valence-corrected chi connectivity index (χ3v) is 2.61. The molecule has 1 aromatic rings. The summed E-state index contributed by atoms with van der Waals surface area (Å²) in [5.74, 6) is 0. The quantitative estimate of drug-likeness (QED) is 0.658. The van der Waals surface area contributed by atoms with Gasteiger partial charge in [0.2, 0.25) is 0 Å². The van der Waals surface area contributed by atoms with Crippen LogP contribution in [-0.4, -0.2) is 7.85 Å². The summed E-state index contributed by atoms with van der Waals surface area (Å²) in [6, 6.07) is 5.00. The molecule has 0 bridgehead atoms. The van der Waals surface area contributed by atoms with Gasteiger partial charge in [-0.2, -0.15) is 13.2 Å². The summed E-state index contributed by atoms with van der Waals surface area (Å²) in [6.07, 6.45) is -3.60. The first-order chi connectivity index (χ1) is 6.77. The Morgan fingerprint density at radius 1 is 1.07 bits per heavy atom. The van der Waals surface area contributed by atoms with Gasteiger partial charge in [-0.3, -0.25) is 0 Å². The van der Waals surface area contributed by atoms with Crippen molar-refractivity contribution in [1.29, 1.82) is 0 Å². The number of hydrogen-bond acceptors (Lipinski definition) is 0. The molecule has 0 saturated heterocycles. The number of hydrogen-bond donors (Lipinski definition) is 0. The molecule has 0 aromatic heterocycles. The Hall–Kier alpha value is -0.925. The summed E-state index contributed by atoms with van der Waals surface area (Å²) in [5, 5.41) is -0.565. The zero-order valence-electron chi connectivity index (χ0n) is 8.73. The Labute approximate surface area is 88.9 Å². The molecule has 0 saturated carbocycles. The molecule has 0 amide bonds. The minimum absolute atomic E-state index is 0.565. The Balaban J connectivity index is 3.01. The van der Waals surface area contributed by atoms with Crippen LogP contribution in [0.5, 0.6) is 0 Å². The fourth-order valence-electron chi connectivity index (χ4n) is 1.24. The van der Waals surface area contributed by atoms with Gasteiger partial charge in [0, 0.05) is 0 Å². The number of alkyl halides is 3. The van der Waals surface area contributed by atoms with E-state index in [4.69, 9.17) is 7.85 Å². The standard InChI is InChI=1S/C11H12BF3/c1-3-10(2,12)8-4-6-9(7-5-8)11(13,14)15/h4-7H,3H2,1-2H3. The van der Waals surface area contributed by atoms with Crippen LogP contribution < -0.4 is 0 Å². The van der Waals surface area contributed by atoms with Crippen molar-refractivity contribution in [2.24, 2.45) is 0 Å². The molecule has 0 aliphatic heterocycles. The van der Waals surface area contributed by atoms with Gasteiger partial charge in [0.05, 0.1) is 13.4 Å². The Bertz CT molecular complexity index is 325. The first-order valence-corrected chi connectivity index (χ1v) is 4.74. The van der Waals surface area contributed by atoms with Gasteiger partial charge in [-0.05, 0) is 17.4 Å². The lowest BCUT2D eigenvalue weighted by atomic mass is 9.64. The highest BCUT2D eigenvalue weighted by molar-refractivity contribution is 6.15. The molecular weight excluding hydrogens is 200 g/mol. The molecule has 2 radical (unpaired) electrons. The van der Waals surface area contributed by atoms with Crippen molar-refractivity contribution in [3.63, 3.8) is 0 Å². The highest BCUT2D eigenvalue weighted by atomic mass is 19.4. The van der Waals surface area contributed by atoms with Crippen LogP contribution in [0.15, 0.2) is 24.3 Å². The van der Waals surface area contributed by atoms with E-state index in [-0.39, 0.29) is 0 Å². The fraction of sp³-hybridized carbons (Fsp3) is 0.455. The van der Waals surface area contributed by atoms with E-state index in [1.807, 2.05) is 6.92 Å². The van der Waals surface area contributed by atoms with E-state index in [0.717, 1.165) is 17.7 Å². The molecule has 15 heavy (non-hydrogen) atoms. The number of rotatable bonds is 2. The summed E-state index contributed by atoms with van der Waals surface area (Å²) in [4.78, 5) is 0. The first-order valence-electron chi connectivity index (χ1n) is 4.74. The average molecular weight is 212 g/mol. The van der Waals surface area contributed by atoms with Crippen molar-refractivity contribution < 1.29 is 13.2 Å². The lowest BCUT2D eigenvalue weighted by Crippen LogP contribution is -2.20. The highest BCUT2D eigenvalue weighted by Crippen LogP contribution is 2.31. The van der Waals surface area contributed by atoms with Crippen molar-refractivity contribution in [2.75, 3.05) is 0 Å². The van der Waals surface area contributed by atoms with Crippen molar-refractivity contribution in [2.45, 2.75) is 31.8 Å². The minimum Gasteiger partial charge on any atom is -0.166 e. The van der Waals surface area contributed by atoms with Crippen LogP contribution in [-0.2, 0) is 11.5 Å². The van der Waals surface area contributed by atoms with Crippen molar-refractivity contribution in [3.05, 3.63) is 35.4 Å². The largest absolute Gasteiger partial charge is 0.416 e. The van der Waals surface area contributed by atoms with E-state index in [2.05, 4.69) is 0 Å². The van der Waals surface area contributed by atoms with Crippen LogP contribution in [0, 0.1) is 0 Å². The fourth-order valence-corrected chi connectivity index (χ4v) is 1.24. The van der Waals surface area contributed by atoms with E-state index in [9.17, 15) is 13.2 Å². The molecule has 0 nitrogen and oxygen atoms in total. The van der Waals surface area contributed by atoms with Crippen LogP contribution >= 0.6 is 0 Å². The van der Waals surface area contributed by atoms with Crippen molar-refractivity contribution >= 4 is 7.85 Å². The van der Waals surface area contributed by atoms with E-state index in [1.54, 1.807) is 6.92 Å². The van der Waals surface area contributed by atoms with Gasteiger partial charge in [0.25, 0.3) is 0 Å². The van der Waals surface area contributed by atoms with Crippen molar-refractivity contribution in [1.82, 2.24) is 0 Å². The van der Waals surface area contributed by atoms with Crippen LogP contribution in [0.2, 0.25) is 0 Å². The molecule has 1 atom stereocenters. The summed E-state index contributed by atoms with van der Waals surface area (Å²) in [7, 11) is 5.92. The molecule has 0 fully saturated rings. The molecule has 0 aliphatic carbocycles. The predicted octanol–water partition coefficient (Wildman–Crippen LogP) is 3.50. The zero-order valence-corrected chi connectivity index (χ0v) is 8.73. The maximum Gasteiger partial charge on any atom is 0.416 e. The van der Waals surface area contributed by atoms with Gasteiger partial charge in [0.15, 0.2) is 0 Å².